The fraction of sp³-hybridized carbons (Fsp3) is 0.562. The van der Waals surface area contributed by atoms with E-state index in [9.17, 15) is 13.2 Å². The Labute approximate surface area is 185 Å². The first-order chi connectivity index (χ1) is 11.0. The molecule has 0 aromatic heterocycles. The number of sulfonamides is 1. The summed E-state index contributed by atoms with van der Waals surface area (Å²) >= 11 is 0. The Hall–Kier alpha value is 0.0364. The van der Waals surface area contributed by atoms with Crippen molar-refractivity contribution in [1.29, 1.82) is 0 Å². The van der Waals surface area contributed by atoms with E-state index in [2.05, 4.69) is 16.1 Å². The summed E-state index contributed by atoms with van der Waals surface area (Å²) in [5.74, 6) is -0.137. The quantitative estimate of drug-likeness (QED) is 0.661. The van der Waals surface area contributed by atoms with E-state index < -0.39 is 16.1 Å². The maximum atomic E-state index is 12.2. The number of nitrogens with two attached hydrogens (primary N) is 1. The Bertz CT molecular complexity index is 702. The number of carbonyl (C=O) groups excluding carboxylic acids is 1. The third-order valence-corrected chi connectivity index (χ3v) is 5.90. The van der Waals surface area contributed by atoms with Gasteiger partial charge in [-0.05, 0) is 73.7 Å². The molecule has 0 saturated carbocycles. The maximum absolute atomic E-state index is 12.2. The van der Waals surface area contributed by atoms with Gasteiger partial charge in [0.1, 0.15) is 0 Å². The first-order valence-corrected chi connectivity index (χ1v) is 9.83. The number of amides is 2. The Morgan fingerprint density at radius 1 is 1.08 bits per heavy atom. The zero-order valence-electron chi connectivity index (χ0n) is 13.2. The number of anilines is 1. The van der Waals surface area contributed by atoms with E-state index in [1.54, 1.807) is 0 Å². The van der Waals surface area contributed by atoms with Crippen molar-refractivity contribution < 1.29 is 13.2 Å². The number of nitrogens with one attached hydrogen (secondary N) is 2. The molecule has 2 aliphatic carbocycles. The summed E-state index contributed by atoms with van der Waals surface area (Å²) in [7, 11) is -3.63. The Morgan fingerprint density at radius 2 is 1.67 bits per heavy atom. The number of rotatable bonds is 5. The van der Waals surface area contributed by atoms with Gasteiger partial charge in [-0.3, -0.25) is 0 Å². The summed E-state index contributed by atoms with van der Waals surface area (Å²) in [5.41, 5.74) is 11.1. The van der Waals surface area contributed by atoms with Gasteiger partial charge in [0, 0.05) is 5.69 Å². The number of urea groups is 1. The second kappa shape index (κ2) is 8.61. The molecular weight excluding hydrogens is 353 g/mol. The Morgan fingerprint density at radius 3 is 2.21 bits per heavy atom. The molecule has 8 heteroatoms. The van der Waals surface area contributed by atoms with Crippen molar-refractivity contribution in [3.8, 4) is 0 Å². The van der Waals surface area contributed by atoms with Crippen molar-refractivity contribution in [2.75, 3.05) is 17.6 Å². The van der Waals surface area contributed by atoms with Crippen LogP contribution in [0.25, 0.3) is 0 Å². The van der Waals surface area contributed by atoms with Crippen LogP contribution in [-0.2, 0) is 35.7 Å². The number of hydrogen-bond acceptors (Lipinski definition) is 4. The van der Waals surface area contributed by atoms with E-state index in [4.69, 9.17) is 5.73 Å². The summed E-state index contributed by atoms with van der Waals surface area (Å²) in [6.45, 7) is 0.280. The van der Waals surface area contributed by atoms with Crippen LogP contribution in [0.15, 0.2) is 6.07 Å². The SMILES string of the molecule is NCCCS(=O)(=O)NC(=O)Nc1c2c(cc3c1CCC3)CCC2.[KH]. The molecule has 0 saturated heterocycles. The molecule has 1 aromatic rings. The van der Waals surface area contributed by atoms with Gasteiger partial charge in [0.2, 0.25) is 10.0 Å². The van der Waals surface area contributed by atoms with Gasteiger partial charge in [-0.25, -0.2) is 17.9 Å². The van der Waals surface area contributed by atoms with E-state index in [-0.39, 0.29) is 63.7 Å². The molecular formula is C16H24KN3O3S. The summed E-state index contributed by atoms with van der Waals surface area (Å²) in [5, 5.41) is 2.81. The van der Waals surface area contributed by atoms with E-state index >= 15 is 0 Å². The first-order valence-electron chi connectivity index (χ1n) is 8.18. The van der Waals surface area contributed by atoms with Gasteiger partial charge >= 0.3 is 57.4 Å². The molecule has 24 heavy (non-hydrogen) atoms. The van der Waals surface area contributed by atoms with Gasteiger partial charge in [-0.1, -0.05) is 6.07 Å². The van der Waals surface area contributed by atoms with E-state index in [0.29, 0.717) is 6.42 Å². The van der Waals surface area contributed by atoms with Gasteiger partial charge in [0.05, 0.1) is 5.75 Å². The Balaban J connectivity index is 0.00000208. The fourth-order valence-electron chi connectivity index (χ4n) is 3.57. The minimum atomic E-state index is -3.63. The van der Waals surface area contributed by atoms with Crippen LogP contribution in [0.1, 0.15) is 41.5 Å². The van der Waals surface area contributed by atoms with Crippen LogP contribution >= 0.6 is 0 Å². The van der Waals surface area contributed by atoms with Crippen LogP contribution in [0.3, 0.4) is 0 Å². The van der Waals surface area contributed by atoms with Gasteiger partial charge in [0.15, 0.2) is 0 Å². The van der Waals surface area contributed by atoms with Crippen molar-refractivity contribution in [1.82, 2.24) is 4.72 Å². The summed E-state index contributed by atoms with van der Waals surface area (Å²) in [4.78, 5) is 12.2. The van der Waals surface area contributed by atoms with Crippen molar-refractivity contribution in [3.63, 3.8) is 0 Å². The van der Waals surface area contributed by atoms with Crippen molar-refractivity contribution in [2.45, 2.75) is 44.9 Å². The van der Waals surface area contributed by atoms with E-state index in [1.165, 1.54) is 22.3 Å². The second-order valence-corrected chi connectivity index (χ2v) is 8.09. The summed E-state index contributed by atoms with van der Waals surface area (Å²) < 4.78 is 25.7. The van der Waals surface area contributed by atoms with Crippen LogP contribution < -0.4 is 15.8 Å². The number of benzene rings is 1. The molecule has 0 unspecified atom stereocenters. The van der Waals surface area contributed by atoms with Gasteiger partial charge in [0.25, 0.3) is 0 Å². The molecule has 2 aliphatic rings. The van der Waals surface area contributed by atoms with E-state index in [0.717, 1.165) is 44.2 Å². The molecule has 0 aliphatic heterocycles. The average Bonchev–Trinajstić information content (AvgIpc) is 3.12. The van der Waals surface area contributed by atoms with Gasteiger partial charge < -0.3 is 11.1 Å². The van der Waals surface area contributed by atoms with Gasteiger partial charge in [-0.2, -0.15) is 0 Å². The van der Waals surface area contributed by atoms with Crippen molar-refractivity contribution in [2.24, 2.45) is 5.73 Å². The summed E-state index contributed by atoms with van der Waals surface area (Å²) in [6.07, 6.45) is 6.46. The normalized spacial score (nSPS) is 15.4. The fourth-order valence-corrected chi connectivity index (χ4v) is 4.55. The predicted octanol–water partition coefficient (Wildman–Crippen LogP) is 0.816. The molecule has 4 N–H and O–H groups in total. The third-order valence-electron chi connectivity index (χ3n) is 4.58. The molecule has 0 radical (unpaired) electrons. The number of carbonyl (C=O) groups is 1. The third kappa shape index (κ3) is 4.60. The molecule has 0 spiro atoms. The molecule has 3 rings (SSSR count). The number of hydrogen-bond donors (Lipinski definition) is 3. The van der Waals surface area contributed by atoms with Crippen LogP contribution in [0.4, 0.5) is 10.5 Å². The molecule has 0 fully saturated rings. The molecule has 0 bridgehead atoms. The van der Waals surface area contributed by atoms with Gasteiger partial charge in [-0.15, -0.1) is 0 Å². The van der Waals surface area contributed by atoms with Crippen LogP contribution in [0.5, 0.6) is 0 Å². The number of fused-ring (bicyclic) bond motifs is 2. The zero-order valence-corrected chi connectivity index (χ0v) is 14.0. The number of aryl methyl sites for hydroxylation is 2. The molecule has 1 aromatic carbocycles. The molecule has 0 heterocycles. The molecule has 2 amide bonds. The second-order valence-electron chi connectivity index (χ2n) is 6.25. The van der Waals surface area contributed by atoms with E-state index in [1.807, 2.05) is 0 Å². The van der Waals surface area contributed by atoms with Crippen LogP contribution in [0.2, 0.25) is 0 Å². The average molecular weight is 378 g/mol. The Kier molecular flexibility index (Phi) is 7.30. The van der Waals surface area contributed by atoms with Crippen molar-refractivity contribution in [3.05, 3.63) is 28.3 Å². The summed E-state index contributed by atoms with van der Waals surface area (Å²) in [6, 6.07) is 1.60. The first kappa shape index (κ1) is 20.3. The molecule has 6 nitrogen and oxygen atoms in total. The molecule has 0 atom stereocenters. The van der Waals surface area contributed by atoms with Crippen molar-refractivity contribution >= 4 is 73.1 Å². The zero-order chi connectivity index (χ0) is 16.4. The monoisotopic (exact) mass is 377 g/mol. The van der Waals surface area contributed by atoms with Crippen LogP contribution in [-0.4, -0.2) is 78.1 Å². The predicted molar refractivity (Wildman–Crippen MR) is 97.3 cm³/mol. The molecule has 128 valence electrons. The van der Waals surface area contributed by atoms with Crippen LogP contribution in [0, 0.1) is 0 Å². The standard InChI is InChI=1S/C16H23N3O3S.K.H/c17-8-3-9-23(21,22)19-16(20)18-15-13-6-1-4-11(13)10-12-5-2-7-14(12)15;;/h10H,1-9,17H2,(H2,18,19,20);;. The topological polar surface area (TPSA) is 101 Å². The minimum absolute atomic E-state index is 0.